The lowest BCUT2D eigenvalue weighted by atomic mass is 9.96. The van der Waals surface area contributed by atoms with Crippen molar-refractivity contribution in [1.29, 1.82) is 0 Å². The van der Waals surface area contributed by atoms with Crippen molar-refractivity contribution in [3.8, 4) is 0 Å². The largest absolute Gasteiger partial charge is 0.376 e. The molecule has 0 aromatic rings. The molecule has 0 bridgehead atoms. The van der Waals surface area contributed by atoms with E-state index in [0.717, 1.165) is 12.8 Å². The topological polar surface area (TPSA) is 46.2 Å². The highest BCUT2D eigenvalue weighted by atomic mass is 16.6. The lowest BCUT2D eigenvalue weighted by Gasteiger charge is -2.44. The van der Waals surface area contributed by atoms with Gasteiger partial charge in [0.15, 0.2) is 0 Å². The first kappa shape index (κ1) is 26.8. The molecule has 164 valence electrons. The summed E-state index contributed by atoms with van der Waals surface area (Å²) in [4.78, 5) is 0. The summed E-state index contributed by atoms with van der Waals surface area (Å²) in [6.45, 7) is 22.5. The maximum Gasteiger partial charge on any atom is 0.115 e. The van der Waals surface area contributed by atoms with Crippen LogP contribution >= 0.6 is 0 Å². The summed E-state index contributed by atoms with van der Waals surface area (Å²) >= 11 is 0. The van der Waals surface area contributed by atoms with E-state index in [-0.39, 0.29) is 24.4 Å². The van der Waals surface area contributed by atoms with Crippen molar-refractivity contribution < 1.29 is 23.7 Å². The first-order valence-electron chi connectivity index (χ1n) is 10.7. The third kappa shape index (κ3) is 11.4. The van der Waals surface area contributed by atoms with Crippen LogP contribution in [0.1, 0.15) is 82.1 Å². The van der Waals surface area contributed by atoms with Crippen LogP contribution in [0, 0.1) is 0 Å². The SMILES string of the molecule is CCC(COC(C)C)(COC(C)C)OC(CC)(COC(C)C)COC(C)C. The molecule has 0 N–H and O–H groups in total. The van der Waals surface area contributed by atoms with E-state index in [2.05, 4.69) is 13.8 Å². The van der Waals surface area contributed by atoms with Crippen LogP contribution in [0.4, 0.5) is 0 Å². The molecular weight excluding hydrogens is 344 g/mol. The molecule has 5 nitrogen and oxygen atoms in total. The van der Waals surface area contributed by atoms with Gasteiger partial charge in [0, 0.05) is 0 Å². The van der Waals surface area contributed by atoms with Crippen LogP contribution in [0.15, 0.2) is 0 Å². The molecule has 0 saturated heterocycles. The molecule has 0 amide bonds. The minimum Gasteiger partial charge on any atom is -0.376 e. The van der Waals surface area contributed by atoms with E-state index in [1.54, 1.807) is 0 Å². The van der Waals surface area contributed by atoms with Crippen LogP contribution < -0.4 is 0 Å². The average Bonchev–Trinajstić information content (AvgIpc) is 2.59. The Labute approximate surface area is 168 Å². The van der Waals surface area contributed by atoms with Crippen LogP contribution in [-0.4, -0.2) is 62.0 Å². The molecule has 0 rings (SSSR count). The van der Waals surface area contributed by atoms with E-state index in [1.165, 1.54) is 0 Å². The van der Waals surface area contributed by atoms with Crippen LogP contribution in [-0.2, 0) is 23.7 Å². The monoisotopic (exact) mass is 390 g/mol. The molecule has 0 aromatic carbocycles. The molecule has 0 aromatic heterocycles. The minimum absolute atomic E-state index is 0.133. The number of rotatable bonds is 16. The Bertz CT molecular complexity index is 308. The zero-order valence-electron chi connectivity index (χ0n) is 19.6. The summed E-state index contributed by atoms with van der Waals surface area (Å²) in [5.74, 6) is 0. The molecule has 0 unspecified atom stereocenters. The first-order valence-corrected chi connectivity index (χ1v) is 10.7. The predicted octanol–water partition coefficient (Wildman–Crippen LogP) is 5.00. The van der Waals surface area contributed by atoms with Gasteiger partial charge in [-0.15, -0.1) is 0 Å². The lowest BCUT2D eigenvalue weighted by Crippen LogP contribution is -2.55. The normalized spacial score (nSPS) is 13.6. The maximum atomic E-state index is 6.83. The molecule has 0 aliphatic carbocycles. The number of hydrogen-bond acceptors (Lipinski definition) is 5. The second-order valence-electron chi connectivity index (χ2n) is 8.61. The van der Waals surface area contributed by atoms with E-state index in [4.69, 9.17) is 23.7 Å². The predicted molar refractivity (Wildman–Crippen MR) is 111 cm³/mol. The van der Waals surface area contributed by atoms with Crippen molar-refractivity contribution in [2.45, 2.75) is 118 Å². The highest BCUT2D eigenvalue weighted by Gasteiger charge is 2.42. The van der Waals surface area contributed by atoms with Crippen LogP contribution in [0.25, 0.3) is 0 Å². The van der Waals surface area contributed by atoms with Gasteiger partial charge in [0.05, 0.1) is 50.8 Å². The van der Waals surface area contributed by atoms with Crippen LogP contribution in [0.3, 0.4) is 0 Å². The third-order valence-corrected chi connectivity index (χ3v) is 4.44. The zero-order valence-corrected chi connectivity index (χ0v) is 19.6. The third-order valence-electron chi connectivity index (χ3n) is 4.44. The fourth-order valence-electron chi connectivity index (χ4n) is 2.49. The van der Waals surface area contributed by atoms with Gasteiger partial charge in [-0.1, -0.05) is 13.8 Å². The highest BCUT2D eigenvalue weighted by Crippen LogP contribution is 2.30. The van der Waals surface area contributed by atoms with Crippen molar-refractivity contribution in [2.75, 3.05) is 26.4 Å². The summed E-state index contributed by atoms with van der Waals surface area (Å²) < 4.78 is 30.8. The Morgan fingerprint density at radius 3 is 0.852 bits per heavy atom. The van der Waals surface area contributed by atoms with E-state index >= 15 is 0 Å². The molecule has 27 heavy (non-hydrogen) atoms. The molecule has 0 saturated carbocycles. The summed E-state index contributed by atoms with van der Waals surface area (Å²) in [6, 6.07) is 0. The Balaban J connectivity index is 5.59. The van der Waals surface area contributed by atoms with Gasteiger partial charge in [0.1, 0.15) is 11.2 Å². The molecule has 0 heterocycles. The molecule has 0 aliphatic heterocycles. The van der Waals surface area contributed by atoms with E-state index < -0.39 is 11.2 Å². The first-order chi connectivity index (χ1) is 12.5. The van der Waals surface area contributed by atoms with Crippen LogP contribution in [0.2, 0.25) is 0 Å². The van der Waals surface area contributed by atoms with E-state index in [0.29, 0.717) is 26.4 Å². The van der Waals surface area contributed by atoms with Gasteiger partial charge in [-0.2, -0.15) is 0 Å². The van der Waals surface area contributed by atoms with Gasteiger partial charge in [-0.05, 0) is 68.2 Å². The maximum absolute atomic E-state index is 6.83. The Kier molecular flexibility index (Phi) is 13.0. The fourth-order valence-corrected chi connectivity index (χ4v) is 2.49. The van der Waals surface area contributed by atoms with E-state index in [1.807, 2.05) is 55.4 Å². The molecule has 5 heteroatoms. The van der Waals surface area contributed by atoms with Crippen molar-refractivity contribution in [2.24, 2.45) is 0 Å². The lowest BCUT2D eigenvalue weighted by molar-refractivity contribution is -0.248. The summed E-state index contributed by atoms with van der Waals surface area (Å²) in [6.07, 6.45) is 2.11. The molecule has 0 spiro atoms. The standard InChI is InChI=1S/C22H46O5/c1-11-21(13-23-17(3)4,14-24-18(5)6)27-22(12-2,15-25-19(7)8)16-26-20(9)10/h17-20H,11-16H2,1-10H3. The number of ether oxygens (including phenoxy) is 5. The molecular formula is C22H46O5. The van der Waals surface area contributed by atoms with Gasteiger partial charge >= 0.3 is 0 Å². The van der Waals surface area contributed by atoms with Crippen molar-refractivity contribution >= 4 is 0 Å². The second-order valence-corrected chi connectivity index (χ2v) is 8.61. The summed E-state index contributed by atoms with van der Waals surface area (Å²) in [5, 5.41) is 0. The number of hydrogen-bond donors (Lipinski definition) is 0. The average molecular weight is 391 g/mol. The Morgan fingerprint density at radius 2 is 0.704 bits per heavy atom. The quantitative estimate of drug-likeness (QED) is 0.371. The van der Waals surface area contributed by atoms with Gasteiger partial charge in [0.2, 0.25) is 0 Å². The Hall–Kier alpha value is -0.200. The van der Waals surface area contributed by atoms with Crippen molar-refractivity contribution in [1.82, 2.24) is 0 Å². The van der Waals surface area contributed by atoms with Gasteiger partial charge in [-0.25, -0.2) is 0 Å². The molecule has 0 radical (unpaired) electrons. The van der Waals surface area contributed by atoms with Gasteiger partial charge in [-0.3, -0.25) is 0 Å². The van der Waals surface area contributed by atoms with Gasteiger partial charge in [0.25, 0.3) is 0 Å². The Morgan fingerprint density at radius 1 is 0.481 bits per heavy atom. The summed E-state index contributed by atoms with van der Waals surface area (Å²) in [7, 11) is 0. The second kappa shape index (κ2) is 13.1. The van der Waals surface area contributed by atoms with Crippen LogP contribution in [0.5, 0.6) is 0 Å². The minimum atomic E-state index is -0.536. The van der Waals surface area contributed by atoms with Crippen molar-refractivity contribution in [3.63, 3.8) is 0 Å². The smallest absolute Gasteiger partial charge is 0.115 e. The molecule has 0 atom stereocenters. The highest BCUT2D eigenvalue weighted by molar-refractivity contribution is 4.89. The van der Waals surface area contributed by atoms with Gasteiger partial charge < -0.3 is 23.7 Å². The molecule has 0 fully saturated rings. The fraction of sp³-hybridized carbons (Fsp3) is 1.00. The summed E-state index contributed by atoms with van der Waals surface area (Å²) in [5.41, 5.74) is -1.07. The molecule has 0 aliphatic rings. The zero-order chi connectivity index (χ0) is 21.1. The van der Waals surface area contributed by atoms with E-state index in [9.17, 15) is 0 Å². The van der Waals surface area contributed by atoms with Crippen molar-refractivity contribution in [3.05, 3.63) is 0 Å².